The van der Waals surface area contributed by atoms with Gasteiger partial charge in [0.25, 0.3) is 0 Å². The van der Waals surface area contributed by atoms with Gasteiger partial charge in [-0.15, -0.1) is 0 Å². The van der Waals surface area contributed by atoms with E-state index in [2.05, 4.69) is 0 Å². The Balaban J connectivity index is 1.79. The van der Waals surface area contributed by atoms with Gasteiger partial charge in [-0.2, -0.15) is 0 Å². The molecule has 2 rings (SSSR count). The van der Waals surface area contributed by atoms with Crippen LogP contribution in [0.4, 0.5) is 0 Å². The van der Waals surface area contributed by atoms with Crippen LogP contribution >= 0.6 is 0 Å². The summed E-state index contributed by atoms with van der Waals surface area (Å²) in [6.45, 7) is 2.96. The number of likely N-dealkylation sites (N-methyl/N-ethyl adjacent to an activating group) is 1. The van der Waals surface area contributed by atoms with Crippen LogP contribution in [0, 0.1) is 6.92 Å². The summed E-state index contributed by atoms with van der Waals surface area (Å²) < 4.78 is 5.72. The molecule has 0 fully saturated rings. The fourth-order valence-corrected chi connectivity index (χ4v) is 2.36. The Hall–Kier alpha value is -2.33. The van der Waals surface area contributed by atoms with Crippen molar-refractivity contribution in [3.63, 3.8) is 0 Å². The van der Waals surface area contributed by atoms with Crippen LogP contribution in [-0.2, 0) is 11.2 Å². The van der Waals surface area contributed by atoms with Crippen LogP contribution in [0.15, 0.2) is 54.6 Å². The highest BCUT2D eigenvalue weighted by Crippen LogP contribution is 2.15. The number of rotatable bonds is 7. The lowest BCUT2D eigenvalue weighted by Crippen LogP contribution is -2.44. The minimum absolute atomic E-state index is 0.0674. The van der Waals surface area contributed by atoms with Gasteiger partial charge in [-0.25, -0.2) is 0 Å². The van der Waals surface area contributed by atoms with Crippen molar-refractivity contribution in [2.75, 3.05) is 20.2 Å². The summed E-state index contributed by atoms with van der Waals surface area (Å²) in [6, 6.07) is 17.1. The Morgan fingerprint density at radius 2 is 1.78 bits per heavy atom. The molecule has 23 heavy (non-hydrogen) atoms. The number of nitrogens with two attached hydrogens (primary N) is 1. The molecule has 4 nitrogen and oxygen atoms in total. The second-order valence-electron chi connectivity index (χ2n) is 5.67. The first-order valence-electron chi connectivity index (χ1n) is 7.81. The molecular weight excluding hydrogens is 288 g/mol. The molecule has 0 unspecified atom stereocenters. The van der Waals surface area contributed by atoms with E-state index in [0.717, 1.165) is 16.9 Å². The fraction of sp³-hybridized carbons (Fsp3) is 0.316. The van der Waals surface area contributed by atoms with E-state index in [0.29, 0.717) is 19.6 Å². The van der Waals surface area contributed by atoms with Crippen molar-refractivity contribution in [2.24, 2.45) is 5.73 Å². The molecule has 0 bridgehead atoms. The molecular formula is C19H24N2O2. The van der Waals surface area contributed by atoms with Gasteiger partial charge in [0.2, 0.25) is 5.91 Å². The lowest BCUT2D eigenvalue weighted by Gasteiger charge is -2.21. The van der Waals surface area contributed by atoms with E-state index in [1.165, 1.54) is 0 Å². The molecule has 1 amide bonds. The first-order chi connectivity index (χ1) is 11.1. The van der Waals surface area contributed by atoms with Crippen LogP contribution in [0.25, 0.3) is 0 Å². The van der Waals surface area contributed by atoms with E-state index in [4.69, 9.17) is 10.5 Å². The third kappa shape index (κ3) is 5.11. The number of para-hydroxylation sites is 1. The molecule has 1 atom stereocenters. The van der Waals surface area contributed by atoms with Gasteiger partial charge in [-0.1, -0.05) is 48.5 Å². The number of aryl methyl sites for hydroxylation is 1. The molecule has 0 saturated heterocycles. The van der Waals surface area contributed by atoms with Crippen molar-refractivity contribution < 1.29 is 9.53 Å². The number of nitrogens with zero attached hydrogens (tertiary/aromatic N) is 1. The van der Waals surface area contributed by atoms with Crippen molar-refractivity contribution in [1.82, 2.24) is 4.90 Å². The zero-order valence-electron chi connectivity index (χ0n) is 13.7. The first kappa shape index (κ1) is 17.0. The standard InChI is InChI=1S/C19H24N2O2/c1-15-8-6-7-11-18(15)23-13-12-21(2)19(22)17(20)14-16-9-4-3-5-10-16/h3-11,17H,12-14,20H2,1-2H3/t17-/m0/s1. The minimum atomic E-state index is -0.527. The summed E-state index contributed by atoms with van der Waals surface area (Å²) in [5, 5.41) is 0. The molecule has 0 spiro atoms. The molecule has 0 aliphatic heterocycles. The van der Waals surface area contributed by atoms with Gasteiger partial charge in [0.15, 0.2) is 0 Å². The van der Waals surface area contributed by atoms with E-state index in [9.17, 15) is 4.79 Å². The lowest BCUT2D eigenvalue weighted by atomic mass is 10.1. The molecule has 2 aromatic carbocycles. The lowest BCUT2D eigenvalue weighted by molar-refractivity contribution is -0.131. The summed E-state index contributed by atoms with van der Waals surface area (Å²) in [7, 11) is 1.76. The number of carbonyl (C=O) groups excluding carboxylic acids is 1. The monoisotopic (exact) mass is 312 g/mol. The van der Waals surface area contributed by atoms with Gasteiger partial charge in [0.05, 0.1) is 12.6 Å². The van der Waals surface area contributed by atoms with Gasteiger partial charge in [-0.3, -0.25) is 4.79 Å². The second kappa shape index (κ2) is 8.34. The minimum Gasteiger partial charge on any atom is -0.491 e. The predicted molar refractivity (Wildman–Crippen MR) is 92.4 cm³/mol. The van der Waals surface area contributed by atoms with Gasteiger partial charge in [-0.05, 0) is 30.5 Å². The van der Waals surface area contributed by atoms with Crippen LogP contribution in [-0.4, -0.2) is 37.0 Å². The molecule has 0 saturated carbocycles. The summed E-state index contributed by atoms with van der Waals surface area (Å²) in [4.78, 5) is 13.9. The van der Waals surface area contributed by atoms with Crippen LogP contribution in [0.3, 0.4) is 0 Å². The predicted octanol–water partition coefficient (Wildman–Crippen LogP) is 2.40. The third-order valence-corrected chi connectivity index (χ3v) is 3.77. The second-order valence-corrected chi connectivity index (χ2v) is 5.67. The van der Waals surface area contributed by atoms with E-state index in [-0.39, 0.29) is 5.91 Å². The Morgan fingerprint density at radius 3 is 2.48 bits per heavy atom. The molecule has 2 N–H and O–H groups in total. The number of hydrogen-bond acceptors (Lipinski definition) is 3. The van der Waals surface area contributed by atoms with Crippen molar-refractivity contribution in [3.8, 4) is 5.75 Å². The highest BCUT2D eigenvalue weighted by molar-refractivity contribution is 5.81. The van der Waals surface area contributed by atoms with Crippen molar-refractivity contribution >= 4 is 5.91 Å². The Kier molecular flexibility index (Phi) is 6.18. The van der Waals surface area contributed by atoms with Gasteiger partial charge >= 0.3 is 0 Å². The molecule has 122 valence electrons. The maximum absolute atomic E-state index is 12.3. The maximum Gasteiger partial charge on any atom is 0.239 e. The molecule has 0 heterocycles. The molecule has 0 aromatic heterocycles. The highest BCUT2D eigenvalue weighted by atomic mass is 16.5. The topological polar surface area (TPSA) is 55.6 Å². The molecule has 4 heteroatoms. The highest BCUT2D eigenvalue weighted by Gasteiger charge is 2.18. The van der Waals surface area contributed by atoms with Gasteiger partial charge in [0.1, 0.15) is 12.4 Å². The third-order valence-electron chi connectivity index (χ3n) is 3.77. The number of hydrogen-bond donors (Lipinski definition) is 1. The SMILES string of the molecule is Cc1ccccc1OCCN(C)C(=O)[C@@H](N)Cc1ccccc1. The zero-order chi connectivity index (χ0) is 16.7. The van der Waals surface area contributed by atoms with E-state index < -0.39 is 6.04 Å². The van der Waals surface area contributed by atoms with Crippen LogP contribution in [0.5, 0.6) is 5.75 Å². The average Bonchev–Trinajstić information content (AvgIpc) is 2.56. The largest absolute Gasteiger partial charge is 0.491 e. The van der Waals surface area contributed by atoms with E-state index in [1.807, 2.05) is 61.5 Å². The Bertz CT molecular complexity index is 628. The van der Waals surface area contributed by atoms with E-state index >= 15 is 0 Å². The Morgan fingerprint density at radius 1 is 1.13 bits per heavy atom. The first-order valence-corrected chi connectivity index (χ1v) is 7.81. The van der Waals surface area contributed by atoms with Gasteiger partial charge in [0, 0.05) is 7.05 Å². The molecule has 0 radical (unpaired) electrons. The molecule has 2 aromatic rings. The average molecular weight is 312 g/mol. The normalized spacial score (nSPS) is 11.8. The number of benzene rings is 2. The molecule has 0 aliphatic carbocycles. The van der Waals surface area contributed by atoms with Crippen LogP contribution in [0.1, 0.15) is 11.1 Å². The van der Waals surface area contributed by atoms with Crippen molar-refractivity contribution in [2.45, 2.75) is 19.4 Å². The van der Waals surface area contributed by atoms with Crippen LogP contribution < -0.4 is 10.5 Å². The van der Waals surface area contributed by atoms with E-state index in [1.54, 1.807) is 11.9 Å². The fourth-order valence-electron chi connectivity index (χ4n) is 2.36. The quantitative estimate of drug-likeness (QED) is 0.854. The number of carbonyl (C=O) groups is 1. The smallest absolute Gasteiger partial charge is 0.239 e. The maximum atomic E-state index is 12.3. The Labute approximate surface area is 137 Å². The number of ether oxygens (including phenoxy) is 1. The zero-order valence-corrected chi connectivity index (χ0v) is 13.7. The molecule has 0 aliphatic rings. The van der Waals surface area contributed by atoms with Gasteiger partial charge < -0.3 is 15.4 Å². The van der Waals surface area contributed by atoms with Crippen molar-refractivity contribution in [1.29, 1.82) is 0 Å². The summed E-state index contributed by atoms with van der Waals surface area (Å²) in [5.74, 6) is 0.782. The van der Waals surface area contributed by atoms with Crippen LogP contribution in [0.2, 0.25) is 0 Å². The summed E-state index contributed by atoms with van der Waals surface area (Å²) >= 11 is 0. The summed E-state index contributed by atoms with van der Waals surface area (Å²) in [5.41, 5.74) is 8.18. The van der Waals surface area contributed by atoms with Crippen molar-refractivity contribution in [3.05, 3.63) is 65.7 Å². The number of amides is 1. The summed E-state index contributed by atoms with van der Waals surface area (Å²) in [6.07, 6.45) is 0.544.